The van der Waals surface area contributed by atoms with Crippen LogP contribution >= 0.6 is 23.2 Å². The van der Waals surface area contributed by atoms with Crippen molar-refractivity contribution in [1.82, 2.24) is 4.98 Å². The van der Waals surface area contributed by atoms with Crippen molar-refractivity contribution in [3.63, 3.8) is 0 Å². The van der Waals surface area contributed by atoms with Gasteiger partial charge in [-0.1, -0.05) is 23.2 Å². The van der Waals surface area contributed by atoms with Crippen LogP contribution in [0.5, 0.6) is 5.75 Å². The van der Waals surface area contributed by atoms with Crippen LogP contribution in [-0.4, -0.2) is 25.2 Å². The number of ether oxygens (including phenoxy) is 1. The zero-order valence-corrected chi connectivity index (χ0v) is 14.2. The zero-order valence-electron chi connectivity index (χ0n) is 12.7. The highest BCUT2D eigenvalue weighted by Gasteiger charge is 2.25. The van der Waals surface area contributed by atoms with E-state index in [9.17, 15) is 4.39 Å². The molecule has 0 spiro atoms. The predicted octanol–water partition coefficient (Wildman–Crippen LogP) is 4.92. The Hall–Kier alpha value is -1.52. The quantitative estimate of drug-likeness (QED) is 0.731. The Bertz CT molecular complexity index is 703. The van der Waals surface area contributed by atoms with E-state index in [0.29, 0.717) is 10.2 Å². The Labute approximate surface area is 145 Å². The monoisotopic (exact) mass is 354 g/mol. The summed E-state index contributed by atoms with van der Waals surface area (Å²) in [5.41, 5.74) is 1.84. The average molecular weight is 355 g/mol. The third-order valence-electron chi connectivity index (χ3n) is 4.29. The summed E-state index contributed by atoms with van der Waals surface area (Å²) in [4.78, 5) is 6.17. The molecule has 1 saturated heterocycles. The molecule has 122 valence electrons. The van der Waals surface area contributed by atoms with Crippen LogP contribution in [0.3, 0.4) is 0 Å². The van der Waals surface area contributed by atoms with E-state index in [1.807, 2.05) is 6.07 Å². The summed E-state index contributed by atoms with van der Waals surface area (Å²) >= 11 is 12.2. The second-order valence-corrected chi connectivity index (χ2v) is 6.32. The van der Waals surface area contributed by atoms with Crippen LogP contribution in [-0.2, 0) is 0 Å². The fourth-order valence-electron chi connectivity index (χ4n) is 3.11. The Morgan fingerprint density at radius 3 is 2.65 bits per heavy atom. The number of hydrogen-bond donors (Lipinski definition) is 0. The van der Waals surface area contributed by atoms with Gasteiger partial charge in [0.2, 0.25) is 0 Å². The molecular weight excluding hydrogens is 338 g/mol. The fourth-order valence-corrected chi connectivity index (χ4v) is 3.49. The minimum atomic E-state index is -0.229. The molecule has 1 fully saturated rings. The van der Waals surface area contributed by atoms with Gasteiger partial charge in [0, 0.05) is 24.8 Å². The molecule has 0 bridgehead atoms. The van der Waals surface area contributed by atoms with Crippen molar-refractivity contribution >= 4 is 28.9 Å². The second-order valence-electron chi connectivity index (χ2n) is 5.58. The van der Waals surface area contributed by atoms with Gasteiger partial charge in [-0.05, 0) is 43.0 Å². The van der Waals surface area contributed by atoms with Gasteiger partial charge in [0.15, 0.2) is 0 Å². The predicted molar refractivity (Wildman–Crippen MR) is 91.4 cm³/mol. The SMILES string of the molecule is COc1ccc(F)cc1C1CCN(c2ccnc(Cl)c2Cl)CC1. The third kappa shape index (κ3) is 3.38. The number of rotatable bonds is 3. The van der Waals surface area contributed by atoms with Gasteiger partial charge in [-0.3, -0.25) is 0 Å². The van der Waals surface area contributed by atoms with E-state index in [-0.39, 0.29) is 11.7 Å². The standard InChI is InChI=1S/C17H17Cl2FN2O/c1-23-15-3-2-12(20)10-13(15)11-5-8-22(9-6-11)14-4-7-21-17(19)16(14)18/h2-4,7,10-11H,5-6,8-9H2,1H3. The van der Waals surface area contributed by atoms with Crippen LogP contribution in [0.4, 0.5) is 10.1 Å². The Balaban J connectivity index is 1.76. The van der Waals surface area contributed by atoms with Gasteiger partial charge in [0.1, 0.15) is 21.7 Å². The molecule has 0 saturated carbocycles. The van der Waals surface area contributed by atoms with E-state index in [1.165, 1.54) is 6.07 Å². The van der Waals surface area contributed by atoms with Crippen molar-refractivity contribution in [2.45, 2.75) is 18.8 Å². The first-order valence-corrected chi connectivity index (χ1v) is 8.24. The molecule has 23 heavy (non-hydrogen) atoms. The van der Waals surface area contributed by atoms with E-state index in [4.69, 9.17) is 27.9 Å². The maximum Gasteiger partial charge on any atom is 0.149 e. The van der Waals surface area contributed by atoms with Gasteiger partial charge in [-0.15, -0.1) is 0 Å². The van der Waals surface area contributed by atoms with Crippen molar-refractivity contribution in [1.29, 1.82) is 0 Å². The number of methoxy groups -OCH3 is 1. The molecule has 0 N–H and O–H groups in total. The van der Waals surface area contributed by atoms with Crippen molar-refractivity contribution in [3.05, 3.63) is 52.0 Å². The fraction of sp³-hybridized carbons (Fsp3) is 0.353. The summed E-state index contributed by atoms with van der Waals surface area (Å²) in [5, 5.41) is 0.800. The maximum absolute atomic E-state index is 13.6. The molecule has 1 aromatic carbocycles. The first-order chi connectivity index (χ1) is 11.1. The molecule has 2 heterocycles. The van der Waals surface area contributed by atoms with Gasteiger partial charge < -0.3 is 9.64 Å². The largest absolute Gasteiger partial charge is 0.496 e. The second kappa shape index (κ2) is 6.93. The van der Waals surface area contributed by atoms with Crippen molar-refractivity contribution in [2.24, 2.45) is 0 Å². The summed E-state index contributed by atoms with van der Waals surface area (Å²) in [6.07, 6.45) is 3.46. The smallest absolute Gasteiger partial charge is 0.149 e. The lowest BCUT2D eigenvalue weighted by molar-refractivity contribution is 0.395. The Morgan fingerprint density at radius 1 is 1.22 bits per heavy atom. The van der Waals surface area contributed by atoms with Gasteiger partial charge in [-0.25, -0.2) is 9.37 Å². The molecule has 1 aliphatic heterocycles. The van der Waals surface area contributed by atoms with Crippen LogP contribution < -0.4 is 9.64 Å². The molecular formula is C17H17Cl2FN2O. The molecule has 3 nitrogen and oxygen atoms in total. The normalized spacial score (nSPS) is 15.7. The van der Waals surface area contributed by atoms with Gasteiger partial charge in [0.25, 0.3) is 0 Å². The number of nitrogens with zero attached hydrogens (tertiary/aromatic N) is 2. The average Bonchev–Trinajstić information content (AvgIpc) is 2.57. The van der Waals surface area contributed by atoms with Crippen molar-refractivity contribution in [3.8, 4) is 5.75 Å². The number of piperidine rings is 1. The lowest BCUT2D eigenvalue weighted by atomic mass is 9.88. The maximum atomic E-state index is 13.6. The Kier molecular flexibility index (Phi) is 4.93. The van der Waals surface area contributed by atoms with Crippen molar-refractivity contribution < 1.29 is 9.13 Å². The molecule has 6 heteroatoms. The lowest BCUT2D eigenvalue weighted by Crippen LogP contribution is -2.33. The molecule has 1 aromatic heterocycles. The molecule has 0 aliphatic carbocycles. The van der Waals surface area contributed by atoms with E-state index in [2.05, 4.69) is 9.88 Å². The number of aromatic nitrogens is 1. The summed E-state index contributed by atoms with van der Waals surface area (Å²) in [6.45, 7) is 1.65. The third-order valence-corrected chi connectivity index (χ3v) is 5.05. The molecule has 0 atom stereocenters. The van der Waals surface area contributed by atoms with E-state index >= 15 is 0 Å². The highest BCUT2D eigenvalue weighted by atomic mass is 35.5. The number of anilines is 1. The lowest BCUT2D eigenvalue weighted by Gasteiger charge is -2.34. The summed E-state index contributed by atoms with van der Waals surface area (Å²) < 4.78 is 18.9. The van der Waals surface area contributed by atoms with E-state index < -0.39 is 0 Å². The number of hydrogen-bond acceptors (Lipinski definition) is 3. The van der Waals surface area contributed by atoms with Crippen LogP contribution in [0.25, 0.3) is 0 Å². The number of benzene rings is 1. The Morgan fingerprint density at radius 2 is 1.96 bits per heavy atom. The van der Waals surface area contributed by atoms with Crippen LogP contribution in [0, 0.1) is 5.82 Å². The molecule has 2 aromatic rings. The van der Waals surface area contributed by atoms with Crippen molar-refractivity contribution in [2.75, 3.05) is 25.1 Å². The first-order valence-electron chi connectivity index (χ1n) is 7.48. The molecule has 0 amide bonds. The summed E-state index contributed by atoms with van der Waals surface area (Å²) in [6, 6.07) is 6.57. The molecule has 0 radical (unpaired) electrons. The van der Waals surface area contributed by atoms with E-state index in [0.717, 1.165) is 42.9 Å². The number of pyridine rings is 1. The molecule has 3 rings (SSSR count). The first kappa shape index (κ1) is 16.3. The minimum Gasteiger partial charge on any atom is -0.496 e. The van der Waals surface area contributed by atoms with Crippen LogP contribution in [0.2, 0.25) is 10.2 Å². The van der Waals surface area contributed by atoms with Crippen LogP contribution in [0.15, 0.2) is 30.5 Å². The summed E-state index contributed by atoms with van der Waals surface area (Å²) in [5.74, 6) is 0.787. The molecule has 1 aliphatic rings. The highest BCUT2D eigenvalue weighted by molar-refractivity contribution is 6.42. The van der Waals surface area contributed by atoms with Gasteiger partial charge in [-0.2, -0.15) is 0 Å². The summed E-state index contributed by atoms with van der Waals surface area (Å²) in [7, 11) is 1.62. The minimum absolute atomic E-state index is 0.229. The molecule has 0 unspecified atom stereocenters. The van der Waals surface area contributed by atoms with Gasteiger partial charge >= 0.3 is 0 Å². The zero-order chi connectivity index (χ0) is 16.4. The topological polar surface area (TPSA) is 25.4 Å². The van der Waals surface area contributed by atoms with Gasteiger partial charge in [0.05, 0.1) is 12.8 Å². The highest BCUT2D eigenvalue weighted by Crippen LogP contribution is 2.38. The van der Waals surface area contributed by atoms with E-state index in [1.54, 1.807) is 25.4 Å². The van der Waals surface area contributed by atoms with Crippen LogP contribution in [0.1, 0.15) is 24.3 Å². The number of halogens is 3.